The second-order valence-corrected chi connectivity index (χ2v) is 9.12. The van der Waals surface area contributed by atoms with Crippen LogP contribution in [0, 0.1) is 11.8 Å². The largest absolute Gasteiger partial charge is 0.493 e. The van der Waals surface area contributed by atoms with Crippen LogP contribution in [0.4, 0.5) is 0 Å². The Bertz CT molecular complexity index is 630. The Labute approximate surface area is 213 Å². The van der Waals surface area contributed by atoms with Crippen molar-refractivity contribution in [3.05, 3.63) is 23.8 Å². The topological polar surface area (TPSA) is 77.2 Å². The molecule has 1 saturated heterocycles. The third-order valence-corrected chi connectivity index (χ3v) is 6.46. The van der Waals surface area contributed by atoms with E-state index >= 15 is 0 Å². The standard InChI is InChI=1S/C25H44N2O4.2ClH/c1-19(2)21(10-11-22(28)25(26)27-13-6-5-7-14-27)17-20-9-12-23(30-4)24(18-20)31-16-8-15-29-3;;/h9,12,18-19,21-22,25,28H,5-8,10-11,13-17,26H2,1-4H3;2*1H/t21-,22-,25-;;/m0../s1. The zero-order chi connectivity index (χ0) is 22.6. The lowest BCUT2D eigenvalue weighted by atomic mass is 9.84. The number of nitrogens with zero attached hydrogens (tertiary/aromatic N) is 1. The van der Waals surface area contributed by atoms with E-state index in [1.807, 2.05) is 6.07 Å². The first-order chi connectivity index (χ1) is 15.0. The average molecular weight is 510 g/mol. The highest BCUT2D eigenvalue weighted by Crippen LogP contribution is 2.31. The number of rotatable bonds is 14. The van der Waals surface area contributed by atoms with Crippen LogP contribution in [0.15, 0.2) is 18.2 Å². The Kier molecular flexibility index (Phi) is 17.2. The monoisotopic (exact) mass is 508 g/mol. The summed E-state index contributed by atoms with van der Waals surface area (Å²) in [6.45, 7) is 7.80. The van der Waals surface area contributed by atoms with E-state index in [1.54, 1.807) is 14.2 Å². The number of piperidine rings is 1. The number of ether oxygens (including phenoxy) is 3. The number of likely N-dealkylation sites (tertiary alicyclic amines) is 1. The minimum absolute atomic E-state index is 0. The predicted octanol–water partition coefficient (Wildman–Crippen LogP) is 4.68. The molecule has 3 N–H and O–H groups in total. The summed E-state index contributed by atoms with van der Waals surface area (Å²) in [4.78, 5) is 2.25. The molecule has 0 bridgehead atoms. The van der Waals surface area contributed by atoms with Crippen molar-refractivity contribution < 1.29 is 19.3 Å². The fraction of sp³-hybridized carbons (Fsp3) is 0.760. The maximum Gasteiger partial charge on any atom is 0.161 e. The molecular weight excluding hydrogens is 463 g/mol. The van der Waals surface area contributed by atoms with E-state index in [-0.39, 0.29) is 31.0 Å². The van der Waals surface area contributed by atoms with Crippen molar-refractivity contribution in [2.24, 2.45) is 17.6 Å². The summed E-state index contributed by atoms with van der Waals surface area (Å²) >= 11 is 0. The number of benzene rings is 1. The molecule has 1 aromatic rings. The van der Waals surface area contributed by atoms with E-state index in [4.69, 9.17) is 19.9 Å². The number of methoxy groups -OCH3 is 2. The molecule has 0 spiro atoms. The number of aliphatic hydroxyl groups is 1. The van der Waals surface area contributed by atoms with E-state index in [0.717, 1.165) is 50.3 Å². The van der Waals surface area contributed by atoms with Gasteiger partial charge in [0.25, 0.3) is 0 Å². The molecule has 6 nitrogen and oxygen atoms in total. The van der Waals surface area contributed by atoms with Crippen LogP contribution >= 0.6 is 24.8 Å². The van der Waals surface area contributed by atoms with Crippen molar-refractivity contribution in [2.75, 3.05) is 40.5 Å². The molecule has 0 aliphatic carbocycles. The molecule has 2 rings (SSSR count). The van der Waals surface area contributed by atoms with Crippen molar-refractivity contribution in [3.63, 3.8) is 0 Å². The highest BCUT2D eigenvalue weighted by molar-refractivity contribution is 5.85. The third kappa shape index (κ3) is 11.0. The Balaban J connectivity index is 0.00000512. The minimum Gasteiger partial charge on any atom is -0.493 e. The Morgan fingerprint density at radius 2 is 1.70 bits per heavy atom. The summed E-state index contributed by atoms with van der Waals surface area (Å²) < 4.78 is 16.5. The molecule has 1 fully saturated rings. The van der Waals surface area contributed by atoms with Crippen molar-refractivity contribution in [3.8, 4) is 11.5 Å². The molecule has 1 aliphatic heterocycles. The Morgan fingerprint density at radius 3 is 2.30 bits per heavy atom. The molecular formula is C25H46Cl2N2O4. The van der Waals surface area contributed by atoms with Crippen LogP contribution in [0.5, 0.6) is 11.5 Å². The number of aliphatic hydroxyl groups excluding tert-OH is 1. The van der Waals surface area contributed by atoms with Crippen LogP contribution in [-0.4, -0.2) is 62.8 Å². The zero-order valence-electron chi connectivity index (χ0n) is 20.8. The highest BCUT2D eigenvalue weighted by atomic mass is 35.5. The van der Waals surface area contributed by atoms with Gasteiger partial charge in [-0.1, -0.05) is 26.3 Å². The first-order valence-electron chi connectivity index (χ1n) is 11.9. The molecule has 0 unspecified atom stereocenters. The molecule has 3 atom stereocenters. The summed E-state index contributed by atoms with van der Waals surface area (Å²) in [5, 5.41) is 10.7. The minimum atomic E-state index is -0.477. The van der Waals surface area contributed by atoms with Crippen LogP contribution in [0.3, 0.4) is 0 Å². The molecule has 33 heavy (non-hydrogen) atoms. The van der Waals surface area contributed by atoms with E-state index < -0.39 is 6.10 Å². The van der Waals surface area contributed by atoms with Gasteiger partial charge in [-0.2, -0.15) is 0 Å². The highest BCUT2D eigenvalue weighted by Gasteiger charge is 2.25. The summed E-state index contributed by atoms with van der Waals surface area (Å²) in [6, 6.07) is 6.20. The lowest BCUT2D eigenvalue weighted by Crippen LogP contribution is -2.51. The average Bonchev–Trinajstić information content (AvgIpc) is 2.79. The van der Waals surface area contributed by atoms with E-state index in [0.29, 0.717) is 25.0 Å². The Morgan fingerprint density at radius 1 is 1.00 bits per heavy atom. The Hall–Kier alpha value is -0.760. The molecule has 1 heterocycles. The predicted molar refractivity (Wildman–Crippen MR) is 140 cm³/mol. The lowest BCUT2D eigenvalue weighted by Gasteiger charge is -2.35. The van der Waals surface area contributed by atoms with Crippen LogP contribution in [-0.2, 0) is 11.2 Å². The van der Waals surface area contributed by atoms with Crippen LogP contribution < -0.4 is 15.2 Å². The van der Waals surface area contributed by atoms with Crippen molar-refractivity contribution >= 4 is 24.8 Å². The summed E-state index contributed by atoms with van der Waals surface area (Å²) in [5.41, 5.74) is 7.60. The van der Waals surface area contributed by atoms with Gasteiger partial charge in [-0.25, -0.2) is 0 Å². The number of hydrogen-bond acceptors (Lipinski definition) is 6. The van der Waals surface area contributed by atoms with Gasteiger partial charge in [0.15, 0.2) is 11.5 Å². The fourth-order valence-corrected chi connectivity index (χ4v) is 4.34. The molecule has 1 aliphatic rings. The number of hydrogen-bond donors (Lipinski definition) is 2. The molecule has 8 heteroatoms. The normalized spacial score (nSPS) is 16.9. The SMILES string of the molecule is COCCCOc1cc(C[C@H](CC[C@H](O)[C@@H](N)N2CCCCC2)C(C)C)ccc1OC.Cl.Cl. The van der Waals surface area contributed by atoms with Gasteiger partial charge in [0, 0.05) is 20.1 Å². The first-order valence-corrected chi connectivity index (χ1v) is 11.9. The summed E-state index contributed by atoms with van der Waals surface area (Å²) in [6.07, 6.45) is 6.39. The number of halogens is 2. The van der Waals surface area contributed by atoms with Gasteiger partial charge >= 0.3 is 0 Å². The zero-order valence-corrected chi connectivity index (χ0v) is 22.5. The van der Waals surface area contributed by atoms with Gasteiger partial charge in [-0.3, -0.25) is 4.90 Å². The quantitative estimate of drug-likeness (QED) is 0.355. The molecule has 0 radical (unpaired) electrons. The van der Waals surface area contributed by atoms with Crippen molar-refractivity contribution in [1.29, 1.82) is 0 Å². The molecule has 0 aromatic heterocycles. The van der Waals surface area contributed by atoms with Crippen LogP contribution in [0.2, 0.25) is 0 Å². The summed E-state index contributed by atoms with van der Waals surface area (Å²) in [5.74, 6) is 2.53. The van der Waals surface area contributed by atoms with Gasteiger partial charge in [-0.05, 0) is 74.7 Å². The van der Waals surface area contributed by atoms with E-state index in [1.165, 1.54) is 24.8 Å². The molecule has 0 saturated carbocycles. The molecule has 1 aromatic carbocycles. The van der Waals surface area contributed by atoms with Gasteiger partial charge < -0.3 is 25.1 Å². The molecule has 0 amide bonds. The van der Waals surface area contributed by atoms with Crippen LogP contribution in [0.25, 0.3) is 0 Å². The van der Waals surface area contributed by atoms with E-state index in [9.17, 15) is 5.11 Å². The lowest BCUT2D eigenvalue weighted by molar-refractivity contribution is 0.0313. The van der Waals surface area contributed by atoms with Gasteiger partial charge in [0.05, 0.1) is 26.0 Å². The smallest absolute Gasteiger partial charge is 0.161 e. The van der Waals surface area contributed by atoms with Crippen molar-refractivity contribution in [2.45, 2.75) is 71.1 Å². The van der Waals surface area contributed by atoms with Crippen LogP contribution in [0.1, 0.15) is 57.9 Å². The van der Waals surface area contributed by atoms with Gasteiger partial charge in [-0.15, -0.1) is 24.8 Å². The second-order valence-electron chi connectivity index (χ2n) is 9.12. The maximum atomic E-state index is 10.7. The summed E-state index contributed by atoms with van der Waals surface area (Å²) in [7, 11) is 3.37. The third-order valence-electron chi connectivity index (χ3n) is 6.46. The number of nitrogens with two attached hydrogens (primary N) is 1. The second kappa shape index (κ2) is 17.6. The maximum absolute atomic E-state index is 10.7. The van der Waals surface area contributed by atoms with Gasteiger partial charge in [0.2, 0.25) is 0 Å². The van der Waals surface area contributed by atoms with Gasteiger partial charge in [0.1, 0.15) is 0 Å². The van der Waals surface area contributed by atoms with E-state index in [2.05, 4.69) is 30.9 Å². The first kappa shape index (κ1) is 32.2. The molecule has 194 valence electrons. The van der Waals surface area contributed by atoms with Crippen molar-refractivity contribution in [1.82, 2.24) is 4.90 Å². The fourth-order valence-electron chi connectivity index (χ4n) is 4.34.